The average Bonchev–Trinajstić information content (AvgIpc) is 2.46. The van der Waals surface area contributed by atoms with Crippen LogP contribution in [0.5, 0.6) is 0 Å². The number of aliphatic hydroxyl groups is 1. The number of hydrogen-bond acceptors (Lipinski definition) is 1. The molecule has 0 heterocycles. The van der Waals surface area contributed by atoms with E-state index in [1.807, 2.05) is 0 Å². The van der Waals surface area contributed by atoms with Gasteiger partial charge in [0.2, 0.25) is 0 Å². The van der Waals surface area contributed by atoms with E-state index >= 15 is 0 Å². The first-order chi connectivity index (χ1) is 9.79. The van der Waals surface area contributed by atoms with Crippen molar-refractivity contribution in [2.75, 3.05) is 0 Å². The number of rotatable bonds is 8. The van der Waals surface area contributed by atoms with Crippen LogP contribution in [0.2, 0.25) is 0 Å². The third-order valence-electron chi connectivity index (χ3n) is 5.91. The summed E-state index contributed by atoms with van der Waals surface area (Å²) in [5, 5.41) is 9.78. The first kappa shape index (κ1) is 16.3. The lowest BCUT2D eigenvalue weighted by Crippen LogP contribution is -2.33. The van der Waals surface area contributed by atoms with E-state index in [0.717, 1.165) is 30.6 Å². The van der Waals surface area contributed by atoms with Gasteiger partial charge in [-0.05, 0) is 49.9 Å². The van der Waals surface area contributed by atoms with Crippen molar-refractivity contribution in [3.05, 3.63) is 0 Å². The van der Waals surface area contributed by atoms with Gasteiger partial charge in [-0.25, -0.2) is 0 Å². The fourth-order valence-corrected chi connectivity index (χ4v) is 4.61. The highest BCUT2D eigenvalue weighted by atomic mass is 16.3. The summed E-state index contributed by atoms with van der Waals surface area (Å²) in [5.41, 5.74) is 0. The van der Waals surface area contributed by atoms with Gasteiger partial charge in [0.1, 0.15) is 0 Å². The van der Waals surface area contributed by atoms with Crippen LogP contribution in [0.15, 0.2) is 0 Å². The molecule has 1 nitrogen and oxygen atoms in total. The van der Waals surface area contributed by atoms with Gasteiger partial charge >= 0.3 is 0 Å². The van der Waals surface area contributed by atoms with E-state index in [2.05, 4.69) is 6.92 Å². The quantitative estimate of drug-likeness (QED) is 0.565. The van der Waals surface area contributed by atoms with Gasteiger partial charge in [0.05, 0.1) is 6.10 Å². The van der Waals surface area contributed by atoms with Crippen molar-refractivity contribution >= 4 is 0 Å². The van der Waals surface area contributed by atoms with E-state index in [0.29, 0.717) is 0 Å². The molecule has 118 valence electrons. The number of hydrogen-bond donors (Lipinski definition) is 1. The summed E-state index contributed by atoms with van der Waals surface area (Å²) in [4.78, 5) is 0. The molecule has 4 unspecified atom stereocenters. The molecule has 0 spiro atoms. The second-order valence-electron chi connectivity index (χ2n) is 7.58. The average molecular weight is 280 g/mol. The lowest BCUT2D eigenvalue weighted by molar-refractivity contribution is 0.0337. The zero-order valence-electron chi connectivity index (χ0n) is 13.7. The Labute approximate surface area is 126 Å². The number of aliphatic hydroxyl groups excluding tert-OH is 1. The maximum atomic E-state index is 9.78. The van der Waals surface area contributed by atoms with Crippen LogP contribution in [-0.4, -0.2) is 11.2 Å². The molecule has 0 aliphatic heterocycles. The topological polar surface area (TPSA) is 20.2 Å². The van der Waals surface area contributed by atoms with Crippen molar-refractivity contribution in [3.8, 4) is 0 Å². The predicted octanol–water partition coefficient (Wildman–Crippen LogP) is 5.70. The van der Waals surface area contributed by atoms with E-state index in [1.54, 1.807) is 0 Å². The summed E-state index contributed by atoms with van der Waals surface area (Å²) in [5.74, 6) is 2.84. The van der Waals surface area contributed by atoms with Gasteiger partial charge in [-0.2, -0.15) is 0 Å². The lowest BCUT2D eigenvalue weighted by atomic mass is 9.66. The van der Waals surface area contributed by atoms with Gasteiger partial charge in [-0.15, -0.1) is 0 Å². The molecular formula is C19H36O. The third-order valence-corrected chi connectivity index (χ3v) is 5.91. The second-order valence-corrected chi connectivity index (χ2v) is 7.58. The van der Waals surface area contributed by atoms with Gasteiger partial charge in [-0.3, -0.25) is 0 Å². The third kappa shape index (κ3) is 5.39. The Balaban J connectivity index is 1.52. The van der Waals surface area contributed by atoms with Crippen LogP contribution in [0.1, 0.15) is 96.8 Å². The van der Waals surface area contributed by atoms with Crippen molar-refractivity contribution in [3.63, 3.8) is 0 Å². The van der Waals surface area contributed by atoms with Gasteiger partial charge in [0, 0.05) is 0 Å². The summed E-state index contributed by atoms with van der Waals surface area (Å²) in [7, 11) is 0. The summed E-state index contributed by atoms with van der Waals surface area (Å²) in [6.07, 6.45) is 19.4. The van der Waals surface area contributed by atoms with E-state index < -0.39 is 0 Å². The molecule has 0 saturated heterocycles. The van der Waals surface area contributed by atoms with Crippen molar-refractivity contribution in [1.82, 2.24) is 0 Å². The largest absolute Gasteiger partial charge is 0.393 e. The van der Waals surface area contributed by atoms with Crippen molar-refractivity contribution in [1.29, 1.82) is 0 Å². The highest BCUT2D eigenvalue weighted by Gasteiger charge is 2.34. The summed E-state index contributed by atoms with van der Waals surface area (Å²) in [6.45, 7) is 2.29. The zero-order valence-corrected chi connectivity index (χ0v) is 13.7. The van der Waals surface area contributed by atoms with Crippen LogP contribution < -0.4 is 0 Å². The molecule has 20 heavy (non-hydrogen) atoms. The minimum absolute atomic E-state index is 0.0240. The molecule has 0 aromatic carbocycles. The van der Waals surface area contributed by atoms with Crippen molar-refractivity contribution in [2.45, 2.75) is 103 Å². The Morgan fingerprint density at radius 2 is 1.40 bits per heavy atom. The van der Waals surface area contributed by atoms with E-state index in [-0.39, 0.29) is 6.10 Å². The van der Waals surface area contributed by atoms with Crippen LogP contribution in [0.4, 0.5) is 0 Å². The summed E-state index contributed by atoms with van der Waals surface area (Å²) in [6, 6.07) is 0. The van der Waals surface area contributed by atoms with Crippen LogP contribution in [0, 0.1) is 17.8 Å². The summed E-state index contributed by atoms with van der Waals surface area (Å²) >= 11 is 0. The molecular weight excluding hydrogens is 244 g/mol. The minimum atomic E-state index is 0.0240. The van der Waals surface area contributed by atoms with Crippen molar-refractivity contribution < 1.29 is 5.11 Å². The number of fused-ring (bicyclic) bond motifs is 1. The Hall–Kier alpha value is -0.0400. The van der Waals surface area contributed by atoms with Gasteiger partial charge in [0.15, 0.2) is 0 Å². The lowest BCUT2D eigenvalue weighted by Gasteiger charge is -2.41. The van der Waals surface area contributed by atoms with Gasteiger partial charge in [-0.1, -0.05) is 64.7 Å². The molecule has 4 atom stereocenters. The molecule has 2 saturated carbocycles. The zero-order chi connectivity index (χ0) is 14.2. The maximum absolute atomic E-state index is 9.78. The van der Waals surface area contributed by atoms with Crippen molar-refractivity contribution in [2.24, 2.45) is 17.8 Å². The Kier molecular flexibility index (Phi) is 7.41. The van der Waals surface area contributed by atoms with Crippen LogP contribution in [0.25, 0.3) is 0 Å². The SMILES string of the molecule is CCCCCCCCCC1CCC2CC(O)CCC2C1. The fraction of sp³-hybridized carbons (Fsp3) is 1.00. The van der Waals surface area contributed by atoms with E-state index in [1.165, 1.54) is 77.0 Å². The van der Waals surface area contributed by atoms with Gasteiger partial charge < -0.3 is 5.11 Å². The molecule has 2 aliphatic carbocycles. The molecule has 0 radical (unpaired) electrons. The smallest absolute Gasteiger partial charge is 0.0543 e. The van der Waals surface area contributed by atoms with E-state index in [4.69, 9.17) is 0 Å². The Morgan fingerprint density at radius 3 is 2.20 bits per heavy atom. The number of unbranched alkanes of at least 4 members (excludes halogenated alkanes) is 6. The summed E-state index contributed by atoms with van der Waals surface area (Å²) < 4.78 is 0. The first-order valence-corrected chi connectivity index (χ1v) is 9.47. The molecule has 2 fully saturated rings. The Bertz CT molecular complexity index is 250. The monoisotopic (exact) mass is 280 g/mol. The van der Waals surface area contributed by atoms with Gasteiger partial charge in [0.25, 0.3) is 0 Å². The molecule has 2 rings (SSSR count). The second kappa shape index (κ2) is 9.07. The molecule has 0 bridgehead atoms. The minimum Gasteiger partial charge on any atom is -0.393 e. The molecule has 1 heteroatoms. The normalized spacial score (nSPS) is 33.9. The van der Waals surface area contributed by atoms with Crippen LogP contribution in [0.3, 0.4) is 0 Å². The fourth-order valence-electron chi connectivity index (χ4n) is 4.61. The molecule has 0 amide bonds. The highest BCUT2D eigenvalue weighted by Crippen LogP contribution is 2.44. The first-order valence-electron chi connectivity index (χ1n) is 9.47. The standard InChI is InChI=1S/C19H36O/c1-2-3-4-5-6-7-8-9-16-10-11-18-15-19(20)13-12-17(18)14-16/h16-20H,2-15H2,1H3. The molecule has 0 aromatic heterocycles. The predicted molar refractivity (Wildman–Crippen MR) is 86.8 cm³/mol. The van der Waals surface area contributed by atoms with Crippen LogP contribution >= 0.6 is 0 Å². The molecule has 1 N–H and O–H groups in total. The molecule has 2 aliphatic rings. The molecule has 0 aromatic rings. The maximum Gasteiger partial charge on any atom is 0.0543 e. The van der Waals surface area contributed by atoms with E-state index in [9.17, 15) is 5.11 Å². The highest BCUT2D eigenvalue weighted by molar-refractivity contribution is 4.85. The Morgan fingerprint density at radius 1 is 0.750 bits per heavy atom. The van der Waals surface area contributed by atoms with Crippen LogP contribution in [-0.2, 0) is 0 Å².